The van der Waals surface area contributed by atoms with E-state index in [1.54, 1.807) is 27.7 Å². The average Bonchev–Trinajstić information content (AvgIpc) is 2.21. The maximum Gasteiger partial charge on any atom is 0.408 e. The number of esters is 1. The summed E-state index contributed by atoms with van der Waals surface area (Å²) in [6, 6.07) is 0. The molecule has 0 unspecified atom stereocenters. The van der Waals surface area contributed by atoms with Crippen LogP contribution in [0.3, 0.4) is 0 Å². The summed E-state index contributed by atoms with van der Waals surface area (Å²) in [5.74, 6) is -1.02. The largest absolute Gasteiger partial charge is 0.465 e. The molecule has 0 spiro atoms. The van der Waals surface area contributed by atoms with Crippen LogP contribution < -0.4 is 10.6 Å². The second kappa shape index (κ2) is 7.52. The molecule has 0 radical (unpaired) electrons. The van der Waals surface area contributed by atoms with Crippen molar-refractivity contribution >= 4 is 18.0 Å². The van der Waals surface area contributed by atoms with Crippen molar-refractivity contribution < 1.29 is 23.9 Å². The van der Waals surface area contributed by atoms with E-state index in [1.165, 1.54) is 0 Å². The van der Waals surface area contributed by atoms with Crippen LogP contribution >= 0.6 is 0 Å². The van der Waals surface area contributed by atoms with Gasteiger partial charge in [0.1, 0.15) is 18.7 Å². The summed E-state index contributed by atoms with van der Waals surface area (Å²) in [7, 11) is 0. The van der Waals surface area contributed by atoms with Gasteiger partial charge in [-0.1, -0.05) is 0 Å². The molecule has 0 saturated carbocycles. The standard InChI is InChI=1S/C11H20N2O5/c1-5-17-9(15)7-12-8(14)6-13-10(16)18-11(2,3)4/h5-7H2,1-4H3,(H,12,14)(H,13,16). The highest BCUT2D eigenvalue weighted by atomic mass is 16.6. The molecule has 0 aliphatic rings. The van der Waals surface area contributed by atoms with Crippen molar-refractivity contribution in [3.8, 4) is 0 Å². The molecule has 0 fully saturated rings. The van der Waals surface area contributed by atoms with Crippen molar-refractivity contribution in [3.63, 3.8) is 0 Å². The van der Waals surface area contributed by atoms with Crippen molar-refractivity contribution in [2.45, 2.75) is 33.3 Å². The van der Waals surface area contributed by atoms with E-state index in [0.29, 0.717) is 0 Å². The Morgan fingerprint density at radius 1 is 1.06 bits per heavy atom. The fourth-order valence-electron chi connectivity index (χ4n) is 0.912. The lowest BCUT2D eigenvalue weighted by Gasteiger charge is -2.19. The SMILES string of the molecule is CCOC(=O)CNC(=O)CNC(=O)OC(C)(C)C. The van der Waals surface area contributed by atoms with Crippen molar-refractivity contribution in [3.05, 3.63) is 0 Å². The second-order valence-corrected chi connectivity index (χ2v) is 4.44. The number of alkyl carbamates (subject to hydrolysis) is 1. The molecule has 0 atom stereocenters. The Kier molecular flexibility index (Phi) is 6.77. The topological polar surface area (TPSA) is 93.7 Å². The molecular formula is C11H20N2O5. The van der Waals surface area contributed by atoms with Crippen molar-refractivity contribution in [2.75, 3.05) is 19.7 Å². The predicted molar refractivity (Wildman–Crippen MR) is 63.9 cm³/mol. The van der Waals surface area contributed by atoms with Gasteiger partial charge in [-0.3, -0.25) is 9.59 Å². The van der Waals surface area contributed by atoms with E-state index in [9.17, 15) is 14.4 Å². The molecule has 0 aliphatic carbocycles. The second-order valence-electron chi connectivity index (χ2n) is 4.44. The van der Waals surface area contributed by atoms with Gasteiger partial charge in [0.05, 0.1) is 6.61 Å². The van der Waals surface area contributed by atoms with Gasteiger partial charge in [-0.25, -0.2) is 4.79 Å². The molecule has 0 aromatic carbocycles. The first-order valence-corrected chi connectivity index (χ1v) is 5.63. The van der Waals surface area contributed by atoms with Crippen LogP contribution in [0.2, 0.25) is 0 Å². The van der Waals surface area contributed by atoms with Crippen molar-refractivity contribution in [2.24, 2.45) is 0 Å². The number of carbonyl (C=O) groups excluding carboxylic acids is 3. The highest BCUT2D eigenvalue weighted by Gasteiger charge is 2.16. The molecule has 0 rings (SSSR count). The van der Waals surface area contributed by atoms with Gasteiger partial charge in [-0.15, -0.1) is 0 Å². The molecule has 0 saturated heterocycles. The minimum atomic E-state index is -0.686. The normalized spacial score (nSPS) is 10.4. The summed E-state index contributed by atoms with van der Waals surface area (Å²) < 4.78 is 9.55. The predicted octanol–water partition coefficient (Wildman–Crippen LogP) is 0.190. The summed E-state index contributed by atoms with van der Waals surface area (Å²) >= 11 is 0. The Morgan fingerprint density at radius 2 is 1.67 bits per heavy atom. The Labute approximate surface area is 106 Å². The molecule has 0 aromatic rings. The fraction of sp³-hybridized carbons (Fsp3) is 0.727. The zero-order valence-electron chi connectivity index (χ0n) is 11.2. The van der Waals surface area contributed by atoms with Crippen LogP contribution in [0.25, 0.3) is 0 Å². The molecule has 7 nitrogen and oxygen atoms in total. The van der Waals surface area contributed by atoms with Crippen molar-refractivity contribution in [1.82, 2.24) is 10.6 Å². The lowest BCUT2D eigenvalue weighted by atomic mass is 10.2. The number of rotatable bonds is 5. The molecule has 0 heterocycles. The summed E-state index contributed by atoms with van der Waals surface area (Å²) in [5.41, 5.74) is -0.620. The maximum atomic E-state index is 11.2. The van der Waals surface area contributed by atoms with Gasteiger partial charge in [0, 0.05) is 0 Å². The smallest absolute Gasteiger partial charge is 0.408 e. The van der Waals surface area contributed by atoms with Crippen LogP contribution in [0.15, 0.2) is 0 Å². The summed E-state index contributed by atoms with van der Waals surface area (Å²) in [4.78, 5) is 33.4. The molecule has 2 amide bonds. The van der Waals surface area contributed by atoms with Crippen LogP contribution in [0.1, 0.15) is 27.7 Å². The third-order valence-electron chi connectivity index (χ3n) is 1.53. The van der Waals surface area contributed by atoms with Gasteiger partial charge >= 0.3 is 12.1 Å². The first-order chi connectivity index (χ1) is 8.24. The number of hydrogen-bond donors (Lipinski definition) is 2. The minimum Gasteiger partial charge on any atom is -0.465 e. The number of hydrogen-bond acceptors (Lipinski definition) is 5. The Balaban J connectivity index is 3.77. The minimum absolute atomic E-state index is 0.220. The molecule has 0 aliphatic heterocycles. The summed E-state index contributed by atoms with van der Waals surface area (Å²) in [5, 5.41) is 4.57. The zero-order valence-corrected chi connectivity index (χ0v) is 11.2. The molecule has 0 bridgehead atoms. The summed E-state index contributed by atoms with van der Waals surface area (Å²) in [6.07, 6.45) is -0.686. The number of carbonyl (C=O) groups is 3. The first kappa shape index (κ1) is 16.2. The number of ether oxygens (including phenoxy) is 2. The third-order valence-corrected chi connectivity index (χ3v) is 1.53. The van der Waals surface area contributed by atoms with Crippen LogP contribution in [0.4, 0.5) is 4.79 Å². The highest BCUT2D eigenvalue weighted by Crippen LogP contribution is 2.05. The van der Waals surface area contributed by atoms with E-state index < -0.39 is 23.6 Å². The lowest BCUT2D eigenvalue weighted by molar-refractivity contribution is -0.143. The van der Waals surface area contributed by atoms with Gasteiger partial charge in [0.15, 0.2) is 0 Å². The third kappa shape index (κ3) is 9.44. The maximum absolute atomic E-state index is 11.2. The summed E-state index contributed by atoms with van der Waals surface area (Å²) in [6.45, 7) is 6.60. The Morgan fingerprint density at radius 3 is 2.17 bits per heavy atom. The molecule has 104 valence electrons. The Bertz CT molecular complexity index is 309. The van der Waals surface area contributed by atoms with Gasteiger partial charge < -0.3 is 20.1 Å². The van der Waals surface area contributed by atoms with E-state index in [2.05, 4.69) is 15.4 Å². The van der Waals surface area contributed by atoms with E-state index in [-0.39, 0.29) is 19.7 Å². The van der Waals surface area contributed by atoms with Crippen LogP contribution in [-0.4, -0.2) is 43.3 Å². The fourth-order valence-corrected chi connectivity index (χ4v) is 0.912. The van der Waals surface area contributed by atoms with E-state index in [4.69, 9.17) is 4.74 Å². The average molecular weight is 260 g/mol. The number of nitrogens with one attached hydrogen (secondary N) is 2. The van der Waals surface area contributed by atoms with E-state index in [1.807, 2.05) is 0 Å². The van der Waals surface area contributed by atoms with E-state index in [0.717, 1.165) is 0 Å². The molecule has 7 heteroatoms. The molecular weight excluding hydrogens is 240 g/mol. The van der Waals surface area contributed by atoms with E-state index >= 15 is 0 Å². The van der Waals surface area contributed by atoms with Gasteiger partial charge in [-0.2, -0.15) is 0 Å². The quantitative estimate of drug-likeness (QED) is 0.688. The van der Waals surface area contributed by atoms with Crippen molar-refractivity contribution in [1.29, 1.82) is 0 Å². The van der Waals surface area contributed by atoms with Crippen LogP contribution in [0.5, 0.6) is 0 Å². The van der Waals surface area contributed by atoms with Crippen LogP contribution in [0, 0.1) is 0 Å². The lowest BCUT2D eigenvalue weighted by Crippen LogP contribution is -2.41. The van der Waals surface area contributed by atoms with Crippen LogP contribution in [-0.2, 0) is 19.1 Å². The zero-order chi connectivity index (χ0) is 14.2. The monoisotopic (exact) mass is 260 g/mol. The van der Waals surface area contributed by atoms with Gasteiger partial charge in [0.25, 0.3) is 0 Å². The molecule has 0 aromatic heterocycles. The molecule has 18 heavy (non-hydrogen) atoms. The first-order valence-electron chi connectivity index (χ1n) is 5.63. The molecule has 2 N–H and O–H groups in total. The Hall–Kier alpha value is -1.79. The highest BCUT2D eigenvalue weighted by molar-refractivity contribution is 5.85. The number of amides is 2. The van der Waals surface area contributed by atoms with Gasteiger partial charge in [-0.05, 0) is 27.7 Å². The van der Waals surface area contributed by atoms with Gasteiger partial charge in [0.2, 0.25) is 5.91 Å².